The smallest absolute Gasteiger partial charge is 0.344 e. The number of halogens is 1. The van der Waals surface area contributed by atoms with Gasteiger partial charge < -0.3 is 15.2 Å². The number of carboxylic acid groups (broad SMARTS) is 1. The third-order valence-corrected chi connectivity index (χ3v) is 3.24. The lowest BCUT2D eigenvalue weighted by Crippen LogP contribution is -2.24. The second-order valence-electron chi connectivity index (χ2n) is 5.00. The minimum atomic E-state index is -1.04. The minimum Gasteiger partial charge on any atom is -0.479 e. The van der Waals surface area contributed by atoms with E-state index in [4.69, 9.17) is 21.4 Å². The quantitative estimate of drug-likeness (QED) is 0.542. The summed E-state index contributed by atoms with van der Waals surface area (Å²) in [5, 5.41) is 15.7. The van der Waals surface area contributed by atoms with Gasteiger partial charge in [-0.25, -0.2) is 15.0 Å². The van der Waals surface area contributed by atoms with Gasteiger partial charge in [0.15, 0.2) is 6.10 Å². The van der Waals surface area contributed by atoms with Crippen LogP contribution in [0.3, 0.4) is 0 Å². The average Bonchev–Trinajstić information content (AvgIpc) is 2.56. The molecule has 130 valence electrons. The molecule has 0 aliphatic carbocycles. The molecule has 0 aliphatic rings. The highest BCUT2D eigenvalue weighted by Gasteiger charge is 2.11. The Bertz CT molecular complexity index is 778. The van der Waals surface area contributed by atoms with Crippen LogP contribution in [-0.2, 0) is 4.79 Å². The molecule has 0 aliphatic heterocycles. The molecule has 0 bridgehead atoms. The summed E-state index contributed by atoms with van der Waals surface area (Å²) in [5.74, 6) is -0.612. The molecule has 0 radical (unpaired) electrons. The zero-order valence-corrected chi connectivity index (χ0v) is 14.0. The number of amides is 2. The molecule has 2 rings (SSSR count). The van der Waals surface area contributed by atoms with Crippen LogP contribution in [-0.4, -0.2) is 29.4 Å². The third-order valence-electron chi connectivity index (χ3n) is 3.00. The van der Waals surface area contributed by atoms with Crippen LogP contribution in [0.25, 0.3) is 0 Å². The van der Waals surface area contributed by atoms with E-state index in [0.717, 1.165) is 0 Å². The number of ether oxygens (including phenoxy) is 1. The van der Waals surface area contributed by atoms with Gasteiger partial charge >= 0.3 is 12.0 Å². The van der Waals surface area contributed by atoms with E-state index < -0.39 is 18.1 Å². The molecule has 0 saturated carbocycles. The van der Waals surface area contributed by atoms with Crippen molar-refractivity contribution >= 4 is 35.5 Å². The largest absolute Gasteiger partial charge is 0.479 e. The van der Waals surface area contributed by atoms with Gasteiger partial charge in [0.1, 0.15) is 5.75 Å². The first-order valence-corrected chi connectivity index (χ1v) is 7.67. The normalized spacial score (nSPS) is 11.8. The molecule has 2 amide bonds. The molecule has 2 aromatic carbocycles. The fourth-order valence-corrected chi connectivity index (χ4v) is 1.97. The van der Waals surface area contributed by atoms with Crippen LogP contribution in [0.1, 0.15) is 12.5 Å². The van der Waals surface area contributed by atoms with Crippen molar-refractivity contribution in [2.24, 2.45) is 5.10 Å². The van der Waals surface area contributed by atoms with Crippen molar-refractivity contribution in [2.45, 2.75) is 13.0 Å². The van der Waals surface area contributed by atoms with E-state index in [-0.39, 0.29) is 0 Å². The molecule has 0 saturated heterocycles. The molecule has 0 fully saturated rings. The maximum Gasteiger partial charge on any atom is 0.344 e. The van der Waals surface area contributed by atoms with Gasteiger partial charge in [-0.3, -0.25) is 0 Å². The fraction of sp³-hybridized carbons (Fsp3) is 0.118. The standard InChI is InChI=1S/C17H16ClN3O4/c1-11(16(22)23)25-15-7-5-12(6-8-15)10-19-21-17(24)20-14-4-2-3-13(18)9-14/h2-11H,1H3,(H,22,23)(H2,20,21,24)/b19-10+/t11-/m1/s1. The van der Waals surface area contributed by atoms with Crippen LogP contribution in [0.4, 0.5) is 10.5 Å². The van der Waals surface area contributed by atoms with Gasteiger partial charge in [-0.1, -0.05) is 17.7 Å². The number of nitrogens with one attached hydrogen (secondary N) is 2. The second-order valence-corrected chi connectivity index (χ2v) is 5.44. The summed E-state index contributed by atoms with van der Waals surface area (Å²) in [6.45, 7) is 1.44. The van der Waals surface area contributed by atoms with Crippen LogP contribution >= 0.6 is 11.6 Å². The van der Waals surface area contributed by atoms with Gasteiger partial charge in [-0.05, 0) is 55.0 Å². The van der Waals surface area contributed by atoms with E-state index >= 15 is 0 Å². The molecule has 2 aromatic rings. The fourth-order valence-electron chi connectivity index (χ4n) is 1.78. The summed E-state index contributed by atoms with van der Waals surface area (Å²) in [5.41, 5.74) is 3.59. The lowest BCUT2D eigenvalue weighted by molar-refractivity contribution is -0.144. The van der Waals surface area contributed by atoms with Crippen molar-refractivity contribution in [3.05, 3.63) is 59.1 Å². The molecule has 0 aromatic heterocycles. The Kier molecular flexibility index (Phi) is 6.36. The SMILES string of the molecule is C[C@@H](Oc1ccc(/C=N/NC(=O)Nc2cccc(Cl)c2)cc1)C(=O)O. The number of benzene rings is 2. The second kappa shape index (κ2) is 8.70. The van der Waals surface area contributed by atoms with E-state index in [0.29, 0.717) is 22.0 Å². The van der Waals surface area contributed by atoms with Crippen molar-refractivity contribution in [2.75, 3.05) is 5.32 Å². The predicted molar refractivity (Wildman–Crippen MR) is 95.4 cm³/mol. The number of urea groups is 1. The Morgan fingerprint density at radius 2 is 1.96 bits per heavy atom. The summed E-state index contributed by atoms with van der Waals surface area (Å²) in [6, 6.07) is 12.8. The Balaban J connectivity index is 1.85. The summed E-state index contributed by atoms with van der Waals surface area (Å²) in [4.78, 5) is 22.4. The topological polar surface area (TPSA) is 100 Å². The summed E-state index contributed by atoms with van der Waals surface area (Å²) in [7, 11) is 0. The Labute approximate surface area is 149 Å². The van der Waals surface area contributed by atoms with Crippen LogP contribution in [0, 0.1) is 0 Å². The highest BCUT2D eigenvalue weighted by molar-refractivity contribution is 6.30. The highest BCUT2D eigenvalue weighted by atomic mass is 35.5. The van der Waals surface area contributed by atoms with Gasteiger partial charge in [0, 0.05) is 10.7 Å². The first kappa shape index (κ1) is 18.3. The van der Waals surface area contributed by atoms with Crippen molar-refractivity contribution in [3.63, 3.8) is 0 Å². The third kappa shape index (κ3) is 6.15. The number of nitrogens with zero attached hydrogens (tertiary/aromatic N) is 1. The van der Waals surface area contributed by atoms with Crippen molar-refractivity contribution < 1.29 is 19.4 Å². The molecular weight excluding hydrogens is 346 g/mol. The Hall–Kier alpha value is -3.06. The molecule has 0 unspecified atom stereocenters. The summed E-state index contributed by atoms with van der Waals surface area (Å²) < 4.78 is 5.21. The van der Waals surface area contributed by atoms with Crippen molar-refractivity contribution in [1.82, 2.24) is 5.43 Å². The zero-order valence-electron chi connectivity index (χ0n) is 13.3. The van der Waals surface area contributed by atoms with Crippen LogP contribution in [0.5, 0.6) is 5.75 Å². The van der Waals surface area contributed by atoms with Gasteiger partial charge in [-0.2, -0.15) is 5.10 Å². The van der Waals surface area contributed by atoms with Crippen LogP contribution in [0.2, 0.25) is 5.02 Å². The summed E-state index contributed by atoms with van der Waals surface area (Å²) in [6.07, 6.45) is 0.512. The number of hydrogen-bond donors (Lipinski definition) is 3. The number of carbonyl (C=O) groups excluding carboxylic acids is 1. The number of aliphatic carboxylic acids is 1. The molecule has 25 heavy (non-hydrogen) atoms. The number of hydrazone groups is 1. The van der Waals surface area contributed by atoms with E-state index in [1.807, 2.05) is 0 Å². The average molecular weight is 362 g/mol. The van der Waals surface area contributed by atoms with E-state index in [2.05, 4.69) is 15.8 Å². The number of carboxylic acids is 1. The predicted octanol–water partition coefficient (Wildman–Crippen LogP) is 3.35. The lowest BCUT2D eigenvalue weighted by atomic mass is 10.2. The van der Waals surface area contributed by atoms with Gasteiger partial charge in [-0.15, -0.1) is 0 Å². The zero-order chi connectivity index (χ0) is 18.2. The van der Waals surface area contributed by atoms with Crippen molar-refractivity contribution in [1.29, 1.82) is 0 Å². The molecule has 0 spiro atoms. The number of carbonyl (C=O) groups is 2. The van der Waals surface area contributed by atoms with Crippen LogP contribution in [0.15, 0.2) is 53.6 Å². The maximum absolute atomic E-state index is 11.7. The monoisotopic (exact) mass is 361 g/mol. The lowest BCUT2D eigenvalue weighted by Gasteiger charge is -2.09. The number of anilines is 1. The number of rotatable bonds is 6. The number of hydrogen-bond acceptors (Lipinski definition) is 4. The molecular formula is C17H16ClN3O4. The maximum atomic E-state index is 11.7. The first-order chi connectivity index (χ1) is 11.9. The van der Waals surface area contributed by atoms with Gasteiger partial charge in [0.25, 0.3) is 0 Å². The Morgan fingerprint density at radius 1 is 1.24 bits per heavy atom. The van der Waals surface area contributed by atoms with Gasteiger partial charge in [0.2, 0.25) is 0 Å². The van der Waals surface area contributed by atoms with Crippen molar-refractivity contribution in [3.8, 4) is 5.75 Å². The van der Waals surface area contributed by atoms with Crippen LogP contribution < -0.4 is 15.5 Å². The molecule has 7 nitrogen and oxygen atoms in total. The van der Waals surface area contributed by atoms with E-state index in [1.54, 1.807) is 48.5 Å². The molecule has 8 heteroatoms. The van der Waals surface area contributed by atoms with Gasteiger partial charge in [0.05, 0.1) is 6.21 Å². The summed E-state index contributed by atoms with van der Waals surface area (Å²) >= 11 is 5.83. The molecule has 0 heterocycles. The molecule has 1 atom stereocenters. The van der Waals surface area contributed by atoms with E-state index in [1.165, 1.54) is 13.1 Å². The molecule has 3 N–H and O–H groups in total. The Morgan fingerprint density at radius 3 is 2.60 bits per heavy atom. The first-order valence-electron chi connectivity index (χ1n) is 7.29. The highest BCUT2D eigenvalue weighted by Crippen LogP contribution is 2.15. The van der Waals surface area contributed by atoms with E-state index in [9.17, 15) is 9.59 Å². The minimum absolute atomic E-state index is 0.429.